The lowest BCUT2D eigenvalue weighted by molar-refractivity contribution is -0.279. The van der Waals surface area contributed by atoms with Crippen LogP contribution in [0.4, 0.5) is 0 Å². The van der Waals surface area contributed by atoms with E-state index < -0.39 is 85.8 Å². The van der Waals surface area contributed by atoms with Gasteiger partial charge in [0.05, 0.1) is 26.2 Å². The second-order valence-corrected chi connectivity index (χ2v) is 13.0. The largest absolute Gasteiger partial charge is 0.508 e. The van der Waals surface area contributed by atoms with E-state index in [-0.39, 0.29) is 51.0 Å². The minimum atomic E-state index is -1.94. The van der Waals surface area contributed by atoms with E-state index in [1.807, 2.05) is 0 Å². The highest BCUT2D eigenvalue weighted by atomic mass is 16.7. The number of fused-ring (bicyclic) bond motifs is 1. The number of hydrogen-bond acceptors (Lipinski definition) is 18. The second kappa shape index (κ2) is 16.8. The summed E-state index contributed by atoms with van der Waals surface area (Å²) in [7, 11) is 2.66. The van der Waals surface area contributed by atoms with Crippen molar-refractivity contribution in [2.45, 2.75) is 61.2 Å². The Balaban J connectivity index is 1.30. The van der Waals surface area contributed by atoms with Crippen molar-refractivity contribution < 1.29 is 83.6 Å². The Morgan fingerprint density at radius 2 is 1.41 bits per heavy atom. The number of aliphatic hydroxyl groups excluding tert-OH is 7. The Morgan fingerprint density at radius 3 is 2.05 bits per heavy atom. The van der Waals surface area contributed by atoms with Gasteiger partial charge in [0, 0.05) is 29.3 Å². The number of phenolic OH excluding ortho intramolecular Hbond substituents is 2. The first-order chi connectivity index (χ1) is 26.7. The molecule has 0 radical (unpaired) electrons. The molecule has 3 aromatic carbocycles. The third-order valence-corrected chi connectivity index (χ3v) is 9.43. The molecule has 0 saturated carbocycles. The number of hydrogen-bond donors (Lipinski definition) is 9. The van der Waals surface area contributed by atoms with E-state index >= 15 is 0 Å². The van der Waals surface area contributed by atoms with E-state index in [1.165, 1.54) is 74.9 Å². The molecule has 10 unspecified atom stereocenters. The Kier molecular flexibility index (Phi) is 12.1. The van der Waals surface area contributed by atoms with E-state index in [4.69, 9.17) is 32.8 Å². The van der Waals surface area contributed by atoms with Gasteiger partial charge in [0.2, 0.25) is 12.0 Å². The van der Waals surface area contributed by atoms with Crippen LogP contribution in [0.15, 0.2) is 69.9 Å². The van der Waals surface area contributed by atoms with E-state index in [0.29, 0.717) is 11.1 Å². The van der Waals surface area contributed by atoms with E-state index in [0.717, 1.165) is 6.08 Å². The van der Waals surface area contributed by atoms with Crippen molar-refractivity contribution >= 4 is 23.0 Å². The Labute approximate surface area is 317 Å². The molecule has 0 amide bonds. The van der Waals surface area contributed by atoms with Crippen LogP contribution >= 0.6 is 0 Å². The number of phenols is 2. The van der Waals surface area contributed by atoms with Gasteiger partial charge in [-0.1, -0.05) is 0 Å². The summed E-state index contributed by atoms with van der Waals surface area (Å²) >= 11 is 0. The number of rotatable bonds is 11. The fourth-order valence-electron chi connectivity index (χ4n) is 6.31. The summed E-state index contributed by atoms with van der Waals surface area (Å²) in [6, 6.07) is 12.2. The molecule has 1 aromatic heterocycles. The zero-order chi connectivity index (χ0) is 40.4. The molecule has 3 heterocycles. The topological polar surface area (TPSA) is 285 Å². The van der Waals surface area contributed by atoms with Crippen LogP contribution in [0, 0.1) is 0 Å². The van der Waals surface area contributed by atoms with E-state index in [9.17, 15) is 55.5 Å². The standard InChI is InChI=1S/C38H40O18/c1-50-25-9-16(10-26(51-2)30(25)43)3-8-29(42)52-15-28-32(45)34(47)36(49)38(56-28)55-24-13-23-19(21(41)12-22(53-23)17-4-6-18(40)7-5-17)11-20(24)37-35(48)33(46)31(44)27(14-39)54-37/h3-13,27-28,31-40,43-49H,14-15H2,1-2H3. The smallest absolute Gasteiger partial charge is 0.330 e. The van der Waals surface area contributed by atoms with Crippen molar-refractivity contribution in [2.24, 2.45) is 0 Å². The average Bonchev–Trinajstić information content (AvgIpc) is 3.19. The number of methoxy groups -OCH3 is 2. The summed E-state index contributed by atoms with van der Waals surface area (Å²) in [5, 5.41) is 94.1. The first-order valence-corrected chi connectivity index (χ1v) is 17.1. The van der Waals surface area contributed by atoms with Crippen LogP contribution in [-0.4, -0.2) is 134 Å². The predicted octanol–water partition coefficient (Wildman–Crippen LogP) is -0.154. The fourth-order valence-corrected chi connectivity index (χ4v) is 6.31. The maximum atomic E-state index is 13.4. The number of aliphatic hydroxyl groups is 7. The van der Waals surface area contributed by atoms with Crippen molar-refractivity contribution in [1.29, 1.82) is 0 Å². The molecule has 18 heteroatoms. The molecular weight excluding hydrogens is 744 g/mol. The summed E-state index contributed by atoms with van der Waals surface area (Å²) in [6.45, 7) is -1.43. The maximum Gasteiger partial charge on any atom is 0.330 e. The number of carbonyl (C=O) groups excluding carboxylic acids is 1. The number of esters is 1. The zero-order valence-corrected chi connectivity index (χ0v) is 29.7. The van der Waals surface area contributed by atoms with Gasteiger partial charge >= 0.3 is 5.97 Å². The Morgan fingerprint density at radius 1 is 0.768 bits per heavy atom. The molecule has 9 N–H and O–H groups in total. The maximum absolute atomic E-state index is 13.4. The lowest BCUT2D eigenvalue weighted by Gasteiger charge is -2.42. The van der Waals surface area contributed by atoms with Crippen molar-refractivity contribution in [3.8, 4) is 40.1 Å². The lowest BCUT2D eigenvalue weighted by Crippen LogP contribution is -2.60. The van der Waals surface area contributed by atoms with Gasteiger partial charge in [-0.15, -0.1) is 0 Å². The minimum absolute atomic E-state index is 0.0317. The molecule has 4 aromatic rings. The summed E-state index contributed by atoms with van der Waals surface area (Å²) in [5.41, 5.74) is 0.0204. The molecule has 18 nitrogen and oxygen atoms in total. The van der Waals surface area contributed by atoms with Gasteiger partial charge in [-0.05, 0) is 54.1 Å². The molecule has 10 atom stereocenters. The molecule has 2 aliphatic rings. The zero-order valence-electron chi connectivity index (χ0n) is 29.7. The molecule has 6 rings (SSSR count). The number of benzene rings is 3. The monoisotopic (exact) mass is 784 g/mol. The molecule has 0 spiro atoms. The lowest BCUT2D eigenvalue weighted by atomic mass is 9.90. The molecule has 56 heavy (non-hydrogen) atoms. The van der Waals surface area contributed by atoms with Crippen molar-refractivity contribution in [3.05, 3.63) is 82.0 Å². The minimum Gasteiger partial charge on any atom is -0.508 e. The number of aromatic hydroxyl groups is 2. The molecule has 0 aliphatic carbocycles. The highest BCUT2D eigenvalue weighted by molar-refractivity contribution is 5.87. The molecule has 2 saturated heterocycles. The highest BCUT2D eigenvalue weighted by Gasteiger charge is 2.48. The third-order valence-electron chi connectivity index (χ3n) is 9.43. The normalized spacial score (nSPS) is 27.9. The van der Waals surface area contributed by atoms with E-state index in [2.05, 4.69) is 0 Å². The van der Waals surface area contributed by atoms with Crippen LogP contribution in [0.5, 0.6) is 28.7 Å². The SMILES string of the molecule is COc1cc(C=CC(=O)OCC2OC(Oc3cc4oc(-c5ccc(O)cc5)cc(=O)c4cc3C3OC(CO)C(O)C(O)C3O)C(O)C(O)C2O)cc(OC)c1O. The van der Waals surface area contributed by atoms with Crippen molar-refractivity contribution in [2.75, 3.05) is 27.4 Å². The molecule has 2 aliphatic heterocycles. The fraction of sp³-hybridized carbons (Fsp3) is 0.368. The van der Waals surface area contributed by atoms with E-state index in [1.54, 1.807) is 0 Å². The summed E-state index contributed by atoms with van der Waals surface area (Å²) in [6.07, 6.45) is -14.9. The summed E-state index contributed by atoms with van der Waals surface area (Å²) < 4.78 is 39.0. The van der Waals surface area contributed by atoms with Crippen LogP contribution in [0.25, 0.3) is 28.4 Å². The van der Waals surface area contributed by atoms with Gasteiger partial charge in [-0.3, -0.25) is 4.79 Å². The molecule has 2 fully saturated rings. The third kappa shape index (κ3) is 8.14. The van der Waals surface area contributed by atoms with Crippen LogP contribution < -0.4 is 19.6 Å². The Bertz CT molecular complexity index is 2090. The number of carbonyl (C=O) groups is 1. The van der Waals surface area contributed by atoms with Crippen molar-refractivity contribution in [3.63, 3.8) is 0 Å². The molecule has 300 valence electrons. The first kappa shape index (κ1) is 40.4. The first-order valence-electron chi connectivity index (χ1n) is 17.1. The van der Waals surface area contributed by atoms with Crippen LogP contribution in [0.3, 0.4) is 0 Å². The van der Waals surface area contributed by atoms with Gasteiger partial charge < -0.3 is 78.8 Å². The predicted molar refractivity (Wildman–Crippen MR) is 191 cm³/mol. The molecule has 0 bridgehead atoms. The van der Waals surface area contributed by atoms with Gasteiger partial charge in [0.25, 0.3) is 0 Å². The quantitative estimate of drug-likeness (QED) is 0.0706. The van der Waals surface area contributed by atoms with Crippen LogP contribution in [0.2, 0.25) is 0 Å². The number of ether oxygens (including phenoxy) is 6. The summed E-state index contributed by atoms with van der Waals surface area (Å²) in [4.78, 5) is 26.1. The summed E-state index contributed by atoms with van der Waals surface area (Å²) in [5.74, 6) is -1.24. The van der Waals surface area contributed by atoms with Crippen molar-refractivity contribution in [1.82, 2.24) is 0 Å². The van der Waals surface area contributed by atoms with Gasteiger partial charge in [-0.2, -0.15) is 0 Å². The van der Waals surface area contributed by atoms with Gasteiger partial charge in [-0.25, -0.2) is 4.79 Å². The molecular formula is C38H40O18. The highest BCUT2D eigenvalue weighted by Crippen LogP contribution is 2.41. The van der Waals surface area contributed by atoms with Gasteiger partial charge in [0.15, 0.2) is 16.9 Å². The second-order valence-electron chi connectivity index (χ2n) is 13.0. The Hall–Kier alpha value is -5.28. The average molecular weight is 785 g/mol. The van der Waals surface area contributed by atoms with Gasteiger partial charge in [0.1, 0.15) is 84.4 Å². The van der Waals surface area contributed by atoms with Crippen LogP contribution in [-0.2, 0) is 19.0 Å². The van der Waals surface area contributed by atoms with Crippen LogP contribution in [0.1, 0.15) is 17.2 Å².